The van der Waals surface area contributed by atoms with Crippen LogP contribution in [0.4, 0.5) is 0 Å². The molecule has 3 heteroatoms. The van der Waals surface area contributed by atoms with Crippen LogP contribution in [0.3, 0.4) is 0 Å². The van der Waals surface area contributed by atoms with Crippen LogP contribution in [-0.4, -0.2) is 29.5 Å². The molecule has 4 rings (SSSR count). The van der Waals surface area contributed by atoms with Crippen LogP contribution >= 0.6 is 0 Å². The highest BCUT2D eigenvalue weighted by atomic mass is 16.5. The number of benzene rings is 1. The highest BCUT2D eigenvalue weighted by Crippen LogP contribution is 2.56. The average molecular weight is 259 g/mol. The number of aliphatic hydroxyl groups is 1. The minimum Gasteiger partial charge on any atom is -0.388 e. The average Bonchev–Trinajstić information content (AvgIpc) is 3.09. The molecule has 102 valence electrons. The summed E-state index contributed by atoms with van der Waals surface area (Å²) in [7, 11) is 0. The molecule has 2 aliphatic heterocycles. The van der Waals surface area contributed by atoms with Crippen molar-refractivity contribution in [2.24, 2.45) is 11.1 Å². The van der Waals surface area contributed by atoms with Gasteiger partial charge in [0, 0.05) is 24.8 Å². The Morgan fingerprint density at radius 3 is 2.37 bits per heavy atom. The Bertz CT molecular complexity index is 490. The summed E-state index contributed by atoms with van der Waals surface area (Å²) >= 11 is 0. The summed E-state index contributed by atoms with van der Waals surface area (Å²) in [5, 5.41) is 11.3. The van der Waals surface area contributed by atoms with Crippen molar-refractivity contribution in [1.82, 2.24) is 0 Å². The molecule has 3 N–H and O–H groups in total. The molecular weight excluding hydrogens is 238 g/mol. The molecule has 3 nitrogen and oxygen atoms in total. The van der Waals surface area contributed by atoms with Gasteiger partial charge in [-0.15, -0.1) is 0 Å². The van der Waals surface area contributed by atoms with Gasteiger partial charge in [0.05, 0.1) is 17.8 Å². The number of rotatable bonds is 2. The molecule has 2 fully saturated rings. The van der Waals surface area contributed by atoms with Crippen molar-refractivity contribution in [1.29, 1.82) is 0 Å². The SMILES string of the molecule is NCC1(C2(O)Cc3ccccc3C2)CC2CCC1O2. The van der Waals surface area contributed by atoms with E-state index in [1.807, 2.05) is 0 Å². The Morgan fingerprint density at radius 1 is 1.21 bits per heavy atom. The Hall–Kier alpha value is -0.900. The fourth-order valence-electron chi connectivity index (χ4n) is 4.64. The number of fused-ring (bicyclic) bond motifs is 3. The summed E-state index contributed by atoms with van der Waals surface area (Å²) in [6.07, 6.45) is 5.05. The van der Waals surface area contributed by atoms with E-state index in [0.717, 1.165) is 32.1 Å². The zero-order valence-corrected chi connectivity index (χ0v) is 11.1. The molecule has 1 aromatic rings. The maximum atomic E-state index is 11.3. The van der Waals surface area contributed by atoms with Crippen LogP contribution in [0.25, 0.3) is 0 Å². The molecule has 1 aromatic carbocycles. The summed E-state index contributed by atoms with van der Waals surface area (Å²) in [4.78, 5) is 0. The largest absolute Gasteiger partial charge is 0.388 e. The minimum absolute atomic E-state index is 0.154. The summed E-state index contributed by atoms with van der Waals surface area (Å²) in [6.45, 7) is 0.526. The van der Waals surface area contributed by atoms with E-state index >= 15 is 0 Å². The van der Waals surface area contributed by atoms with Gasteiger partial charge in [0.1, 0.15) is 0 Å². The van der Waals surface area contributed by atoms with E-state index in [1.165, 1.54) is 11.1 Å². The fraction of sp³-hybridized carbons (Fsp3) is 0.625. The lowest BCUT2D eigenvalue weighted by molar-refractivity contribution is -0.104. The predicted octanol–water partition coefficient (Wildman–Crippen LogP) is 1.41. The summed E-state index contributed by atoms with van der Waals surface area (Å²) in [5.74, 6) is 0. The van der Waals surface area contributed by atoms with Gasteiger partial charge in [-0.2, -0.15) is 0 Å². The van der Waals surface area contributed by atoms with Crippen molar-refractivity contribution in [2.45, 2.75) is 49.9 Å². The zero-order chi connectivity index (χ0) is 13.1. The van der Waals surface area contributed by atoms with E-state index in [0.29, 0.717) is 12.6 Å². The van der Waals surface area contributed by atoms with E-state index in [1.54, 1.807) is 0 Å². The monoisotopic (exact) mass is 259 g/mol. The highest BCUT2D eigenvalue weighted by Gasteiger charge is 2.63. The van der Waals surface area contributed by atoms with Gasteiger partial charge in [-0.1, -0.05) is 24.3 Å². The topological polar surface area (TPSA) is 55.5 Å². The second kappa shape index (κ2) is 3.81. The summed E-state index contributed by atoms with van der Waals surface area (Å²) in [6, 6.07) is 8.37. The molecule has 0 spiro atoms. The van der Waals surface area contributed by atoms with E-state index in [4.69, 9.17) is 10.5 Å². The molecule has 3 aliphatic rings. The van der Waals surface area contributed by atoms with E-state index in [-0.39, 0.29) is 11.5 Å². The molecule has 2 bridgehead atoms. The molecule has 0 saturated carbocycles. The minimum atomic E-state index is -0.717. The van der Waals surface area contributed by atoms with Gasteiger partial charge >= 0.3 is 0 Å². The van der Waals surface area contributed by atoms with Crippen molar-refractivity contribution in [2.75, 3.05) is 6.54 Å². The van der Waals surface area contributed by atoms with Gasteiger partial charge in [0.15, 0.2) is 0 Å². The highest BCUT2D eigenvalue weighted by molar-refractivity contribution is 5.37. The van der Waals surface area contributed by atoms with Crippen molar-refractivity contribution in [3.63, 3.8) is 0 Å². The molecule has 0 radical (unpaired) electrons. The first kappa shape index (κ1) is 11.9. The first-order chi connectivity index (χ1) is 9.17. The van der Waals surface area contributed by atoms with Crippen LogP contribution in [-0.2, 0) is 17.6 Å². The molecule has 1 aliphatic carbocycles. The third-order valence-electron chi connectivity index (χ3n) is 5.69. The van der Waals surface area contributed by atoms with Gasteiger partial charge in [0.25, 0.3) is 0 Å². The van der Waals surface area contributed by atoms with Crippen LogP contribution < -0.4 is 5.73 Å². The van der Waals surface area contributed by atoms with Crippen molar-refractivity contribution in [3.05, 3.63) is 35.4 Å². The van der Waals surface area contributed by atoms with Gasteiger partial charge in [-0.25, -0.2) is 0 Å². The molecule has 0 amide bonds. The Balaban J connectivity index is 1.73. The maximum absolute atomic E-state index is 11.3. The Morgan fingerprint density at radius 2 is 1.89 bits per heavy atom. The quantitative estimate of drug-likeness (QED) is 0.844. The van der Waals surface area contributed by atoms with Gasteiger partial charge in [-0.05, 0) is 30.4 Å². The molecule has 2 heterocycles. The lowest BCUT2D eigenvalue weighted by atomic mass is 9.62. The van der Waals surface area contributed by atoms with Crippen molar-refractivity contribution < 1.29 is 9.84 Å². The second-order valence-electron chi connectivity index (χ2n) is 6.54. The van der Waals surface area contributed by atoms with Gasteiger partial charge in [-0.3, -0.25) is 0 Å². The maximum Gasteiger partial charge on any atom is 0.0822 e. The third-order valence-corrected chi connectivity index (χ3v) is 5.69. The number of hydrogen-bond acceptors (Lipinski definition) is 3. The first-order valence-corrected chi connectivity index (χ1v) is 7.32. The van der Waals surface area contributed by atoms with Crippen LogP contribution in [0.5, 0.6) is 0 Å². The number of nitrogens with two attached hydrogens (primary N) is 1. The van der Waals surface area contributed by atoms with E-state index in [9.17, 15) is 5.11 Å². The Labute approximate surface area is 113 Å². The predicted molar refractivity (Wildman–Crippen MR) is 72.8 cm³/mol. The van der Waals surface area contributed by atoms with Crippen LogP contribution in [0.15, 0.2) is 24.3 Å². The number of ether oxygens (including phenoxy) is 1. The van der Waals surface area contributed by atoms with Gasteiger partial charge in [0.2, 0.25) is 0 Å². The van der Waals surface area contributed by atoms with Crippen LogP contribution in [0.1, 0.15) is 30.4 Å². The lowest BCUT2D eigenvalue weighted by Gasteiger charge is -2.46. The fourth-order valence-corrected chi connectivity index (χ4v) is 4.64. The zero-order valence-electron chi connectivity index (χ0n) is 11.1. The molecular formula is C16H21NO2. The van der Waals surface area contributed by atoms with Crippen molar-refractivity contribution >= 4 is 0 Å². The second-order valence-corrected chi connectivity index (χ2v) is 6.54. The van der Waals surface area contributed by atoms with Crippen LogP contribution in [0, 0.1) is 5.41 Å². The van der Waals surface area contributed by atoms with Gasteiger partial charge < -0.3 is 15.6 Å². The Kier molecular flexibility index (Phi) is 2.39. The number of hydrogen-bond donors (Lipinski definition) is 2. The molecule has 0 aromatic heterocycles. The lowest BCUT2D eigenvalue weighted by Crippen LogP contribution is -2.58. The van der Waals surface area contributed by atoms with E-state index < -0.39 is 5.60 Å². The molecule has 3 unspecified atom stereocenters. The standard InChI is InChI=1S/C16H21NO2/c17-10-15(9-13-5-6-14(15)19-13)16(18)7-11-3-1-2-4-12(11)8-16/h1-4,13-14,18H,5-10,17H2. The van der Waals surface area contributed by atoms with E-state index in [2.05, 4.69) is 24.3 Å². The molecule has 19 heavy (non-hydrogen) atoms. The summed E-state index contributed by atoms with van der Waals surface area (Å²) < 4.78 is 6.02. The normalized spacial score (nSPS) is 38.6. The molecule has 2 saturated heterocycles. The third kappa shape index (κ3) is 1.44. The van der Waals surface area contributed by atoms with Crippen molar-refractivity contribution in [3.8, 4) is 0 Å². The van der Waals surface area contributed by atoms with Crippen LogP contribution in [0.2, 0.25) is 0 Å². The summed E-state index contributed by atoms with van der Waals surface area (Å²) in [5.41, 5.74) is 7.71. The first-order valence-electron chi connectivity index (χ1n) is 7.32. The smallest absolute Gasteiger partial charge is 0.0822 e. The molecule has 3 atom stereocenters.